The van der Waals surface area contributed by atoms with E-state index in [0.717, 1.165) is 25.2 Å². The van der Waals surface area contributed by atoms with Gasteiger partial charge in [0.2, 0.25) is 0 Å². The van der Waals surface area contributed by atoms with Crippen LogP contribution < -0.4 is 11.3 Å². The molecule has 4 N–H and O–H groups in total. The molecule has 0 aliphatic heterocycles. The minimum Gasteiger partial charge on any atom is -0.396 e. The maximum Gasteiger partial charge on any atom is 0.158 e. The summed E-state index contributed by atoms with van der Waals surface area (Å²) in [6, 6.07) is 0.644. The number of hydrogen-bond acceptors (Lipinski definition) is 6. The van der Waals surface area contributed by atoms with Gasteiger partial charge < -0.3 is 10.5 Å². The normalized spacial score (nSPS) is 15.7. The van der Waals surface area contributed by atoms with Crippen molar-refractivity contribution in [2.75, 3.05) is 18.6 Å². The SMILES string of the molecule is NNc1cnc(CN(CCCO)C2CCC2)cn1. The maximum absolute atomic E-state index is 8.95. The predicted octanol–water partition coefficient (Wildman–Crippen LogP) is 0.499. The number of rotatable bonds is 7. The fraction of sp³-hybridized carbons (Fsp3) is 0.667. The van der Waals surface area contributed by atoms with E-state index in [1.807, 2.05) is 0 Å². The van der Waals surface area contributed by atoms with Gasteiger partial charge in [0.05, 0.1) is 18.1 Å². The Morgan fingerprint density at radius 1 is 1.39 bits per heavy atom. The number of hydrazine groups is 1. The molecule has 1 saturated carbocycles. The fourth-order valence-corrected chi connectivity index (χ4v) is 2.14. The largest absolute Gasteiger partial charge is 0.396 e. The van der Waals surface area contributed by atoms with Crippen LogP contribution in [0.3, 0.4) is 0 Å². The van der Waals surface area contributed by atoms with Gasteiger partial charge in [0.25, 0.3) is 0 Å². The highest BCUT2D eigenvalue weighted by molar-refractivity contribution is 5.28. The van der Waals surface area contributed by atoms with Crippen molar-refractivity contribution in [1.82, 2.24) is 14.9 Å². The molecule has 1 aliphatic carbocycles. The van der Waals surface area contributed by atoms with Crippen LogP contribution in [-0.4, -0.2) is 39.2 Å². The van der Waals surface area contributed by atoms with Crippen LogP contribution in [0.15, 0.2) is 12.4 Å². The van der Waals surface area contributed by atoms with E-state index in [0.29, 0.717) is 11.9 Å². The first kappa shape index (κ1) is 13.2. The lowest BCUT2D eigenvalue weighted by atomic mass is 9.91. The third-order valence-electron chi connectivity index (χ3n) is 3.41. The molecule has 1 aliphatic rings. The van der Waals surface area contributed by atoms with Gasteiger partial charge >= 0.3 is 0 Å². The first-order chi connectivity index (χ1) is 8.83. The van der Waals surface area contributed by atoms with Crippen molar-refractivity contribution in [2.45, 2.75) is 38.3 Å². The van der Waals surface area contributed by atoms with Gasteiger partial charge in [-0.3, -0.25) is 9.88 Å². The maximum atomic E-state index is 8.95. The van der Waals surface area contributed by atoms with Gasteiger partial charge in [-0.2, -0.15) is 0 Å². The fourth-order valence-electron chi connectivity index (χ4n) is 2.14. The summed E-state index contributed by atoms with van der Waals surface area (Å²) < 4.78 is 0. The van der Waals surface area contributed by atoms with Crippen LogP contribution >= 0.6 is 0 Å². The number of aliphatic hydroxyl groups excluding tert-OH is 1. The molecule has 1 fully saturated rings. The Balaban J connectivity index is 1.93. The summed E-state index contributed by atoms with van der Waals surface area (Å²) in [5.74, 6) is 5.83. The van der Waals surface area contributed by atoms with Crippen LogP contribution in [0.4, 0.5) is 5.82 Å². The number of aromatic nitrogens is 2. The number of nitrogen functional groups attached to an aromatic ring is 1. The van der Waals surface area contributed by atoms with Gasteiger partial charge in [0, 0.05) is 25.7 Å². The monoisotopic (exact) mass is 251 g/mol. The topological polar surface area (TPSA) is 87.3 Å². The number of hydrogen-bond donors (Lipinski definition) is 3. The van der Waals surface area contributed by atoms with E-state index in [9.17, 15) is 0 Å². The number of aliphatic hydroxyl groups is 1. The molecule has 2 rings (SSSR count). The zero-order valence-corrected chi connectivity index (χ0v) is 10.5. The lowest BCUT2D eigenvalue weighted by Gasteiger charge is -2.37. The van der Waals surface area contributed by atoms with Crippen molar-refractivity contribution in [2.24, 2.45) is 5.84 Å². The molecule has 0 unspecified atom stereocenters. The second-order valence-corrected chi connectivity index (χ2v) is 4.67. The average Bonchev–Trinajstić information content (AvgIpc) is 2.34. The summed E-state index contributed by atoms with van der Waals surface area (Å²) in [7, 11) is 0. The minimum absolute atomic E-state index is 0.241. The lowest BCUT2D eigenvalue weighted by molar-refractivity contribution is 0.108. The molecule has 18 heavy (non-hydrogen) atoms. The van der Waals surface area contributed by atoms with E-state index >= 15 is 0 Å². The molecule has 0 aromatic carbocycles. The van der Waals surface area contributed by atoms with Crippen LogP contribution in [0.1, 0.15) is 31.4 Å². The molecule has 0 spiro atoms. The van der Waals surface area contributed by atoms with Crippen molar-refractivity contribution in [1.29, 1.82) is 0 Å². The molecular weight excluding hydrogens is 230 g/mol. The highest BCUT2D eigenvalue weighted by Crippen LogP contribution is 2.26. The predicted molar refractivity (Wildman–Crippen MR) is 69.6 cm³/mol. The Morgan fingerprint density at radius 3 is 2.72 bits per heavy atom. The highest BCUT2D eigenvalue weighted by atomic mass is 16.3. The van der Waals surface area contributed by atoms with Gasteiger partial charge in [-0.25, -0.2) is 10.8 Å². The Bertz CT molecular complexity index is 352. The van der Waals surface area contributed by atoms with Crippen LogP contribution in [0, 0.1) is 0 Å². The van der Waals surface area contributed by atoms with Crippen molar-refractivity contribution >= 4 is 5.82 Å². The Morgan fingerprint density at radius 2 is 2.22 bits per heavy atom. The summed E-state index contributed by atoms with van der Waals surface area (Å²) in [5, 5.41) is 8.95. The minimum atomic E-state index is 0.241. The molecular formula is C12H21N5O. The van der Waals surface area contributed by atoms with E-state index in [-0.39, 0.29) is 6.61 Å². The molecule has 0 atom stereocenters. The lowest BCUT2D eigenvalue weighted by Crippen LogP contribution is -2.40. The summed E-state index contributed by atoms with van der Waals surface area (Å²) in [6.07, 6.45) is 8.01. The molecule has 6 nitrogen and oxygen atoms in total. The number of nitrogens with two attached hydrogens (primary N) is 1. The van der Waals surface area contributed by atoms with Gasteiger partial charge in [-0.1, -0.05) is 6.42 Å². The van der Waals surface area contributed by atoms with Crippen LogP contribution in [0.5, 0.6) is 0 Å². The van der Waals surface area contributed by atoms with E-state index in [4.69, 9.17) is 10.9 Å². The van der Waals surface area contributed by atoms with Crippen LogP contribution in [0.25, 0.3) is 0 Å². The number of nitrogens with one attached hydrogen (secondary N) is 1. The molecule has 1 aromatic rings. The Hall–Kier alpha value is -1.24. The van der Waals surface area contributed by atoms with Crippen molar-refractivity contribution in [3.8, 4) is 0 Å². The Kier molecular flexibility index (Phi) is 4.86. The van der Waals surface area contributed by atoms with Crippen molar-refractivity contribution in [3.05, 3.63) is 18.1 Å². The summed E-state index contributed by atoms with van der Waals surface area (Å²) >= 11 is 0. The van der Waals surface area contributed by atoms with Gasteiger partial charge in [0.15, 0.2) is 5.82 Å². The highest BCUT2D eigenvalue weighted by Gasteiger charge is 2.24. The summed E-state index contributed by atoms with van der Waals surface area (Å²) in [6.45, 7) is 1.95. The molecule has 0 bridgehead atoms. The zero-order chi connectivity index (χ0) is 12.8. The van der Waals surface area contributed by atoms with E-state index in [1.165, 1.54) is 19.3 Å². The van der Waals surface area contributed by atoms with Crippen molar-refractivity contribution in [3.63, 3.8) is 0 Å². The smallest absolute Gasteiger partial charge is 0.158 e. The third-order valence-corrected chi connectivity index (χ3v) is 3.41. The number of nitrogens with zero attached hydrogens (tertiary/aromatic N) is 3. The number of anilines is 1. The quantitative estimate of drug-likeness (QED) is 0.483. The summed E-state index contributed by atoms with van der Waals surface area (Å²) in [5.41, 5.74) is 3.41. The molecule has 6 heteroatoms. The second-order valence-electron chi connectivity index (χ2n) is 4.67. The summed E-state index contributed by atoms with van der Waals surface area (Å²) in [4.78, 5) is 10.9. The van der Waals surface area contributed by atoms with E-state index < -0.39 is 0 Å². The molecule has 100 valence electrons. The standard InChI is InChI=1S/C12H21N5O/c13-16-12-8-14-10(7-15-12)9-17(5-2-6-18)11-3-1-4-11/h7-8,11,18H,1-6,9,13H2,(H,15,16). The third kappa shape index (κ3) is 3.38. The van der Waals surface area contributed by atoms with Crippen LogP contribution in [0.2, 0.25) is 0 Å². The van der Waals surface area contributed by atoms with Crippen LogP contribution in [-0.2, 0) is 6.54 Å². The molecule has 0 saturated heterocycles. The first-order valence-electron chi connectivity index (χ1n) is 6.46. The molecule has 1 aromatic heterocycles. The Labute approximate surface area is 107 Å². The molecule has 1 heterocycles. The first-order valence-corrected chi connectivity index (χ1v) is 6.46. The van der Waals surface area contributed by atoms with E-state index in [2.05, 4.69) is 20.3 Å². The van der Waals surface area contributed by atoms with Gasteiger partial charge in [-0.15, -0.1) is 0 Å². The zero-order valence-electron chi connectivity index (χ0n) is 10.5. The second kappa shape index (κ2) is 6.63. The molecule has 0 amide bonds. The average molecular weight is 251 g/mol. The van der Waals surface area contributed by atoms with Gasteiger partial charge in [0.1, 0.15) is 0 Å². The van der Waals surface area contributed by atoms with Crippen molar-refractivity contribution < 1.29 is 5.11 Å². The van der Waals surface area contributed by atoms with Gasteiger partial charge in [-0.05, 0) is 19.3 Å². The molecule has 0 radical (unpaired) electrons. The van der Waals surface area contributed by atoms with E-state index in [1.54, 1.807) is 12.4 Å².